The van der Waals surface area contributed by atoms with E-state index in [9.17, 15) is 9.36 Å². The van der Waals surface area contributed by atoms with E-state index in [0.29, 0.717) is 0 Å². The Bertz CT molecular complexity index is 141. The van der Waals surface area contributed by atoms with E-state index in [2.05, 4.69) is 4.52 Å². The maximum absolute atomic E-state index is 9.53. The Kier molecular flexibility index (Phi) is 6.79. The predicted octanol–water partition coefficient (Wildman–Crippen LogP) is -3.11. The minimum Gasteiger partial charge on any atom is -1.00 e. The average molecular weight is 182 g/mol. The molecule has 0 aromatic carbocycles. The molecular formula is CH4KO6P. The van der Waals surface area contributed by atoms with Crippen molar-refractivity contribution in [2.45, 2.75) is 0 Å². The second kappa shape index (κ2) is 4.81. The van der Waals surface area contributed by atoms with Gasteiger partial charge in [-0.3, -0.25) is 9.79 Å². The van der Waals surface area contributed by atoms with E-state index in [1.165, 1.54) is 0 Å². The molecule has 6 nitrogen and oxygen atoms in total. The van der Waals surface area contributed by atoms with Gasteiger partial charge in [-0.15, -0.1) is 0 Å². The fourth-order valence-electron chi connectivity index (χ4n) is 0.102. The van der Waals surface area contributed by atoms with Gasteiger partial charge in [-0.05, 0) is 0 Å². The van der Waals surface area contributed by atoms with Crippen LogP contribution in [0.5, 0.6) is 0 Å². The monoisotopic (exact) mass is 182 g/mol. The molecule has 0 aliphatic carbocycles. The van der Waals surface area contributed by atoms with Crippen molar-refractivity contribution in [3.05, 3.63) is 0 Å². The molecule has 0 saturated carbocycles. The molecule has 0 radical (unpaired) electrons. The number of hydrogen-bond donors (Lipinski definition) is 3. The molecule has 0 unspecified atom stereocenters. The van der Waals surface area contributed by atoms with Gasteiger partial charge in [-0.2, -0.15) is 0 Å². The van der Waals surface area contributed by atoms with Crippen LogP contribution in [0.1, 0.15) is 1.43 Å². The SMILES string of the molecule is O=C(O)OP(=O)(O)O.[H-].[K+]. The Morgan fingerprint density at radius 1 is 1.56 bits per heavy atom. The van der Waals surface area contributed by atoms with Gasteiger partial charge >= 0.3 is 65.4 Å². The van der Waals surface area contributed by atoms with Gasteiger partial charge in [0.05, 0.1) is 0 Å². The molecular weight excluding hydrogens is 178 g/mol. The zero-order valence-corrected chi connectivity index (χ0v) is 8.53. The Morgan fingerprint density at radius 2 is 1.89 bits per heavy atom. The fourth-order valence-corrected chi connectivity index (χ4v) is 0.305. The quantitative estimate of drug-likeness (QED) is 0.293. The summed E-state index contributed by atoms with van der Waals surface area (Å²) < 4.78 is 12.6. The maximum atomic E-state index is 9.53. The third-order valence-corrected chi connectivity index (χ3v) is 0.591. The molecule has 0 aliphatic rings. The van der Waals surface area contributed by atoms with Gasteiger partial charge in [0.1, 0.15) is 0 Å². The molecule has 3 N–H and O–H groups in total. The van der Waals surface area contributed by atoms with Crippen molar-refractivity contribution < 1.29 is 81.6 Å². The minimum absolute atomic E-state index is 0. The van der Waals surface area contributed by atoms with E-state index in [1.807, 2.05) is 0 Å². The summed E-state index contributed by atoms with van der Waals surface area (Å²) in [5.74, 6) is 0. The molecule has 0 amide bonds. The second-order valence-electron chi connectivity index (χ2n) is 0.848. The summed E-state index contributed by atoms with van der Waals surface area (Å²) in [6.45, 7) is 0. The molecule has 0 aromatic heterocycles. The number of phosphoric acid groups is 1. The molecule has 0 atom stereocenters. The Hall–Kier alpha value is 1.06. The van der Waals surface area contributed by atoms with E-state index < -0.39 is 14.0 Å². The Morgan fingerprint density at radius 3 is 1.89 bits per heavy atom. The summed E-state index contributed by atoms with van der Waals surface area (Å²) in [5.41, 5.74) is 0. The van der Waals surface area contributed by atoms with Crippen molar-refractivity contribution >= 4 is 14.0 Å². The molecule has 0 aliphatic heterocycles. The van der Waals surface area contributed by atoms with Crippen LogP contribution in [-0.2, 0) is 9.09 Å². The van der Waals surface area contributed by atoms with Crippen LogP contribution in [0.2, 0.25) is 0 Å². The van der Waals surface area contributed by atoms with Crippen LogP contribution in [-0.4, -0.2) is 21.0 Å². The molecule has 50 valence electrons. The number of hydrogen-bond acceptors (Lipinski definition) is 3. The standard InChI is InChI=1S/CH3O6P.K.H/c2-1(3)7-8(4,5)6;;/h(H,2,3)(H2,4,5,6);;/q;+1;-1. The summed E-state index contributed by atoms with van der Waals surface area (Å²) >= 11 is 0. The molecule has 8 heteroatoms. The van der Waals surface area contributed by atoms with Crippen molar-refractivity contribution in [2.75, 3.05) is 0 Å². The number of carboxylic acid groups (broad SMARTS) is 1. The van der Waals surface area contributed by atoms with Crippen LogP contribution in [0.4, 0.5) is 4.79 Å². The second-order valence-corrected chi connectivity index (χ2v) is 2.01. The van der Waals surface area contributed by atoms with Gasteiger partial charge in [0.2, 0.25) is 0 Å². The fraction of sp³-hybridized carbons (Fsp3) is 0. The van der Waals surface area contributed by atoms with Crippen molar-refractivity contribution in [3.8, 4) is 0 Å². The van der Waals surface area contributed by atoms with Gasteiger partial charge in [0.25, 0.3) is 0 Å². The van der Waals surface area contributed by atoms with Gasteiger partial charge in [-0.25, -0.2) is 9.36 Å². The number of phosphoric ester groups is 1. The van der Waals surface area contributed by atoms with Crippen molar-refractivity contribution in [2.24, 2.45) is 0 Å². The van der Waals surface area contributed by atoms with Gasteiger partial charge in [0.15, 0.2) is 0 Å². The largest absolute Gasteiger partial charge is 1.00 e. The summed E-state index contributed by atoms with van der Waals surface area (Å²) in [6.07, 6.45) is -1.99. The van der Waals surface area contributed by atoms with Gasteiger partial charge in [-0.1, -0.05) is 0 Å². The third kappa shape index (κ3) is 12.3. The first-order valence-corrected chi connectivity index (χ1v) is 2.93. The molecule has 0 saturated heterocycles. The topological polar surface area (TPSA) is 104 Å². The molecule has 0 heterocycles. The van der Waals surface area contributed by atoms with Crippen LogP contribution >= 0.6 is 7.82 Å². The normalized spacial score (nSPS) is 9.56. The third-order valence-electron chi connectivity index (χ3n) is 0.197. The van der Waals surface area contributed by atoms with E-state index in [4.69, 9.17) is 14.9 Å². The summed E-state index contributed by atoms with van der Waals surface area (Å²) in [5, 5.41) is 7.53. The number of carbonyl (C=O) groups is 1. The van der Waals surface area contributed by atoms with Crippen LogP contribution in [0.15, 0.2) is 0 Å². The first-order chi connectivity index (χ1) is 3.42. The smallest absolute Gasteiger partial charge is 1.00 e. The first-order valence-electron chi connectivity index (χ1n) is 1.40. The van der Waals surface area contributed by atoms with E-state index in [0.717, 1.165) is 0 Å². The molecule has 0 rings (SSSR count). The summed E-state index contributed by atoms with van der Waals surface area (Å²) in [6, 6.07) is 0. The van der Waals surface area contributed by atoms with Crippen LogP contribution in [0, 0.1) is 0 Å². The molecule has 0 bridgehead atoms. The zero-order chi connectivity index (χ0) is 6.78. The summed E-state index contributed by atoms with van der Waals surface area (Å²) in [4.78, 5) is 24.7. The van der Waals surface area contributed by atoms with Crippen LogP contribution in [0.25, 0.3) is 0 Å². The number of rotatable bonds is 1. The zero-order valence-electron chi connectivity index (χ0n) is 5.51. The summed E-state index contributed by atoms with van der Waals surface area (Å²) in [7, 11) is -4.82. The van der Waals surface area contributed by atoms with Crippen LogP contribution in [0.3, 0.4) is 0 Å². The van der Waals surface area contributed by atoms with Crippen molar-refractivity contribution in [3.63, 3.8) is 0 Å². The van der Waals surface area contributed by atoms with Gasteiger partial charge < -0.3 is 11.1 Å². The van der Waals surface area contributed by atoms with E-state index in [1.54, 1.807) is 0 Å². The maximum Gasteiger partial charge on any atom is 1.00 e. The average Bonchev–Trinajstić information content (AvgIpc) is 1.21. The molecule has 0 aromatic rings. The van der Waals surface area contributed by atoms with Crippen LogP contribution < -0.4 is 51.4 Å². The Labute approximate surface area is 94.4 Å². The Balaban J connectivity index is -0.000000245. The molecule has 0 spiro atoms. The van der Waals surface area contributed by atoms with E-state index in [-0.39, 0.29) is 52.8 Å². The van der Waals surface area contributed by atoms with Crippen molar-refractivity contribution in [1.29, 1.82) is 0 Å². The minimum atomic E-state index is -4.82. The van der Waals surface area contributed by atoms with Crippen molar-refractivity contribution in [1.82, 2.24) is 0 Å². The van der Waals surface area contributed by atoms with Gasteiger partial charge in [0, 0.05) is 0 Å². The van der Waals surface area contributed by atoms with E-state index >= 15 is 0 Å². The predicted molar refractivity (Wildman–Crippen MR) is 22.3 cm³/mol. The molecule has 9 heavy (non-hydrogen) atoms. The molecule has 0 fully saturated rings. The first kappa shape index (κ1) is 12.7.